The fourth-order valence-corrected chi connectivity index (χ4v) is 1.81. The van der Waals surface area contributed by atoms with Crippen molar-refractivity contribution in [1.29, 1.82) is 0 Å². The molecule has 0 amide bonds. The molecule has 2 rings (SSSR count). The summed E-state index contributed by atoms with van der Waals surface area (Å²) in [6.45, 7) is 4.76. The van der Waals surface area contributed by atoms with E-state index in [0.29, 0.717) is 5.69 Å². The van der Waals surface area contributed by atoms with Gasteiger partial charge in [0, 0.05) is 24.9 Å². The van der Waals surface area contributed by atoms with E-state index in [2.05, 4.69) is 15.3 Å². The third-order valence-corrected chi connectivity index (χ3v) is 2.69. The molecule has 0 spiro atoms. The van der Waals surface area contributed by atoms with Crippen molar-refractivity contribution in [3.05, 3.63) is 36.4 Å². The topological polar surface area (TPSA) is 76.0 Å². The smallest absolute Gasteiger partial charge is 0.144 e. The van der Waals surface area contributed by atoms with Crippen LogP contribution in [0.3, 0.4) is 0 Å². The fraction of sp³-hybridized carbons (Fsp3) is 0.357. The number of rotatable bonds is 6. The Morgan fingerprint density at radius 1 is 1.42 bits per heavy atom. The van der Waals surface area contributed by atoms with E-state index in [-0.39, 0.29) is 6.10 Å². The van der Waals surface area contributed by atoms with Gasteiger partial charge >= 0.3 is 0 Å². The molecule has 0 aliphatic rings. The van der Waals surface area contributed by atoms with Crippen LogP contribution in [-0.4, -0.2) is 22.6 Å². The third-order valence-electron chi connectivity index (χ3n) is 2.69. The van der Waals surface area contributed by atoms with E-state index in [1.165, 1.54) is 0 Å². The lowest BCUT2D eigenvalue weighted by molar-refractivity contribution is 0.244. The average molecular weight is 260 g/mol. The van der Waals surface area contributed by atoms with Crippen molar-refractivity contribution in [2.24, 2.45) is 0 Å². The van der Waals surface area contributed by atoms with Gasteiger partial charge in [0.2, 0.25) is 0 Å². The van der Waals surface area contributed by atoms with Crippen molar-refractivity contribution in [1.82, 2.24) is 9.97 Å². The molecule has 0 bridgehead atoms. The molecule has 4 N–H and O–H groups in total. The molecule has 1 heterocycles. The van der Waals surface area contributed by atoms with Gasteiger partial charge in [-0.2, -0.15) is 0 Å². The molecule has 0 radical (unpaired) electrons. The van der Waals surface area contributed by atoms with E-state index in [4.69, 9.17) is 10.5 Å². The number of nitrogens with zero attached hydrogens (tertiary/aromatic N) is 1. The van der Waals surface area contributed by atoms with Gasteiger partial charge in [0.1, 0.15) is 5.75 Å². The minimum Gasteiger partial charge on any atom is -0.489 e. The minimum absolute atomic E-state index is 0.113. The SMILES string of the molecule is CC(C)Oc1cccc(NCCc2cnc[nH]2)c1N. The van der Waals surface area contributed by atoms with Crippen LogP contribution in [0.4, 0.5) is 11.4 Å². The third kappa shape index (κ3) is 3.64. The molecule has 1 aromatic carbocycles. The predicted molar refractivity (Wildman–Crippen MR) is 77.4 cm³/mol. The molecule has 0 saturated heterocycles. The molecule has 102 valence electrons. The van der Waals surface area contributed by atoms with Crippen LogP contribution in [0.15, 0.2) is 30.7 Å². The van der Waals surface area contributed by atoms with E-state index in [9.17, 15) is 0 Å². The first-order chi connectivity index (χ1) is 9.16. The van der Waals surface area contributed by atoms with Crippen LogP contribution >= 0.6 is 0 Å². The summed E-state index contributed by atoms with van der Waals surface area (Å²) in [6.07, 6.45) is 4.49. The van der Waals surface area contributed by atoms with Gasteiger partial charge in [0.15, 0.2) is 0 Å². The lowest BCUT2D eigenvalue weighted by Crippen LogP contribution is -2.10. The standard InChI is InChI=1S/C14H20N4O/c1-10(2)19-13-5-3-4-12(14(13)15)17-7-6-11-8-16-9-18-11/h3-5,8-10,17H,6-7,15H2,1-2H3,(H,16,18). The van der Waals surface area contributed by atoms with Crippen LogP contribution in [0.2, 0.25) is 0 Å². The fourth-order valence-electron chi connectivity index (χ4n) is 1.81. The van der Waals surface area contributed by atoms with Crippen molar-refractivity contribution in [2.75, 3.05) is 17.6 Å². The second-order valence-electron chi connectivity index (χ2n) is 4.64. The number of nitrogens with one attached hydrogen (secondary N) is 2. The maximum Gasteiger partial charge on any atom is 0.144 e. The van der Waals surface area contributed by atoms with Gasteiger partial charge in [0.25, 0.3) is 0 Å². The maximum atomic E-state index is 6.08. The number of hydrogen-bond donors (Lipinski definition) is 3. The molecular formula is C14H20N4O. The first-order valence-corrected chi connectivity index (χ1v) is 6.43. The lowest BCUT2D eigenvalue weighted by atomic mass is 10.2. The van der Waals surface area contributed by atoms with Gasteiger partial charge in [-0.1, -0.05) is 6.07 Å². The summed E-state index contributed by atoms with van der Waals surface area (Å²) in [4.78, 5) is 7.05. The molecular weight excluding hydrogens is 240 g/mol. The zero-order chi connectivity index (χ0) is 13.7. The molecule has 5 heteroatoms. The van der Waals surface area contributed by atoms with Crippen LogP contribution in [0.25, 0.3) is 0 Å². The first-order valence-electron chi connectivity index (χ1n) is 6.43. The Kier molecular flexibility index (Phi) is 4.28. The Labute approximate surface area is 113 Å². The summed E-state index contributed by atoms with van der Waals surface area (Å²) in [7, 11) is 0. The number of ether oxygens (including phenoxy) is 1. The highest BCUT2D eigenvalue weighted by Gasteiger charge is 2.07. The van der Waals surface area contributed by atoms with Crippen LogP contribution in [-0.2, 0) is 6.42 Å². The first kappa shape index (κ1) is 13.3. The van der Waals surface area contributed by atoms with Gasteiger partial charge in [-0.3, -0.25) is 0 Å². The number of nitrogens with two attached hydrogens (primary N) is 1. The monoisotopic (exact) mass is 260 g/mol. The molecule has 19 heavy (non-hydrogen) atoms. The largest absolute Gasteiger partial charge is 0.489 e. The van der Waals surface area contributed by atoms with E-state index in [0.717, 1.165) is 30.1 Å². The molecule has 0 aliphatic carbocycles. The Balaban J connectivity index is 1.96. The van der Waals surface area contributed by atoms with Gasteiger partial charge in [-0.05, 0) is 26.0 Å². The van der Waals surface area contributed by atoms with Crippen molar-refractivity contribution in [2.45, 2.75) is 26.4 Å². The highest BCUT2D eigenvalue weighted by Crippen LogP contribution is 2.29. The highest BCUT2D eigenvalue weighted by atomic mass is 16.5. The van der Waals surface area contributed by atoms with Gasteiger partial charge in [0.05, 0.1) is 23.8 Å². The number of hydrogen-bond acceptors (Lipinski definition) is 4. The summed E-state index contributed by atoms with van der Waals surface area (Å²) < 4.78 is 5.66. The average Bonchev–Trinajstić information content (AvgIpc) is 2.86. The number of anilines is 2. The number of para-hydroxylation sites is 1. The summed E-state index contributed by atoms with van der Waals surface area (Å²) in [5, 5.41) is 3.31. The van der Waals surface area contributed by atoms with Crippen molar-refractivity contribution >= 4 is 11.4 Å². The molecule has 0 atom stereocenters. The second kappa shape index (κ2) is 6.13. The van der Waals surface area contributed by atoms with Crippen LogP contribution < -0.4 is 15.8 Å². The quantitative estimate of drug-likeness (QED) is 0.697. The van der Waals surface area contributed by atoms with Gasteiger partial charge in [-0.15, -0.1) is 0 Å². The Bertz CT molecular complexity index is 508. The van der Waals surface area contributed by atoms with E-state index in [1.807, 2.05) is 38.2 Å². The normalized spacial score (nSPS) is 10.7. The zero-order valence-corrected chi connectivity index (χ0v) is 11.3. The Morgan fingerprint density at radius 3 is 2.95 bits per heavy atom. The minimum atomic E-state index is 0.113. The Hall–Kier alpha value is -2.17. The molecule has 5 nitrogen and oxygen atoms in total. The lowest BCUT2D eigenvalue weighted by Gasteiger charge is -2.15. The Morgan fingerprint density at radius 2 is 2.26 bits per heavy atom. The number of aromatic amines is 1. The molecule has 0 unspecified atom stereocenters. The number of nitrogen functional groups attached to an aromatic ring is 1. The number of imidazole rings is 1. The van der Waals surface area contributed by atoms with E-state index in [1.54, 1.807) is 6.33 Å². The summed E-state index contributed by atoms with van der Waals surface area (Å²) in [5.41, 5.74) is 8.74. The van der Waals surface area contributed by atoms with Gasteiger partial charge in [-0.25, -0.2) is 4.98 Å². The zero-order valence-electron chi connectivity index (χ0n) is 11.3. The van der Waals surface area contributed by atoms with Gasteiger partial charge < -0.3 is 20.8 Å². The van der Waals surface area contributed by atoms with Crippen molar-refractivity contribution in [3.63, 3.8) is 0 Å². The number of H-pyrrole nitrogens is 1. The molecule has 0 fully saturated rings. The second-order valence-corrected chi connectivity index (χ2v) is 4.64. The van der Waals surface area contributed by atoms with Crippen molar-refractivity contribution in [3.8, 4) is 5.75 Å². The van der Waals surface area contributed by atoms with Crippen LogP contribution in [0, 0.1) is 0 Å². The van der Waals surface area contributed by atoms with Crippen LogP contribution in [0.1, 0.15) is 19.5 Å². The summed E-state index contributed by atoms with van der Waals surface area (Å²) >= 11 is 0. The molecule has 1 aromatic heterocycles. The van der Waals surface area contributed by atoms with E-state index < -0.39 is 0 Å². The highest BCUT2D eigenvalue weighted by molar-refractivity contribution is 5.72. The summed E-state index contributed by atoms with van der Waals surface area (Å²) in [5.74, 6) is 0.724. The van der Waals surface area contributed by atoms with Crippen LogP contribution in [0.5, 0.6) is 5.75 Å². The number of benzene rings is 1. The molecule has 0 aliphatic heterocycles. The molecule has 2 aromatic rings. The van der Waals surface area contributed by atoms with E-state index >= 15 is 0 Å². The predicted octanol–water partition coefficient (Wildman–Crippen LogP) is 2.43. The maximum absolute atomic E-state index is 6.08. The summed E-state index contributed by atoms with van der Waals surface area (Å²) in [6, 6.07) is 5.78. The number of aromatic nitrogens is 2. The molecule has 0 saturated carbocycles. The van der Waals surface area contributed by atoms with Crippen molar-refractivity contribution < 1.29 is 4.74 Å².